The molecule has 1 aliphatic heterocycles. The van der Waals surface area contributed by atoms with Gasteiger partial charge in [-0.25, -0.2) is 0 Å². The quantitative estimate of drug-likeness (QED) is 0.839. The Morgan fingerprint density at radius 1 is 1.38 bits per heavy atom. The molecule has 0 N–H and O–H groups in total. The second kappa shape index (κ2) is 7.07. The topological polar surface area (TPSA) is 55.6 Å². The molecule has 1 atom stereocenters. The number of likely N-dealkylation sites (tertiary alicyclic amines) is 1. The number of carbonyl (C=O) groups excluding carboxylic acids is 1. The Morgan fingerprint density at radius 2 is 2.12 bits per heavy atom. The summed E-state index contributed by atoms with van der Waals surface area (Å²) < 4.78 is 10.7. The minimum absolute atomic E-state index is 0.00995. The van der Waals surface area contributed by atoms with Gasteiger partial charge in [0.2, 0.25) is 5.91 Å². The number of hydrogen-bond acceptors (Lipinski definition) is 4. The average Bonchev–Trinajstić information content (AvgIpc) is 3.24. The lowest BCUT2D eigenvalue weighted by Gasteiger charge is -2.22. The zero-order valence-electron chi connectivity index (χ0n) is 14.5. The first-order valence-electron chi connectivity index (χ1n) is 8.47. The van der Waals surface area contributed by atoms with Crippen LogP contribution in [0.3, 0.4) is 0 Å². The summed E-state index contributed by atoms with van der Waals surface area (Å²) in [6.45, 7) is 4.95. The predicted octanol–water partition coefficient (Wildman–Crippen LogP) is 3.71. The third kappa shape index (κ3) is 3.45. The summed E-state index contributed by atoms with van der Waals surface area (Å²) >= 11 is 0. The fourth-order valence-electron chi connectivity index (χ4n) is 3.11. The molecule has 1 aromatic carbocycles. The lowest BCUT2D eigenvalue weighted by molar-refractivity contribution is -0.131. The van der Waals surface area contributed by atoms with E-state index in [1.807, 2.05) is 35.2 Å². The largest absolute Gasteiger partial charge is 0.497 e. The standard InChI is InChI=1S/C19H24N2O3/c1-13(2)16-12-18(24-20-16)17-5-4-10-21(17)19(22)11-14-6-8-15(23-3)9-7-14/h6-9,12-13,17H,4-5,10-11H2,1-3H3/t17-/m0/s1. The van der Waals surface area contributed by atoms with Crippen molar-refractivity contribution >= 4 is 5.91 Å². The normalized spacial score (nSPS) is 17.5. The molecule has 2 aromatic rings. The van der Waals surface area contributed by atoms with E-state index in [1.165, 1.54) is 0 Å². The van der Waals surface area contributed by atoms with Crippen molar-refractivity contribution in [1.82, 2.24) is 10.1 Å². The first-order chi connectivity index (χ1) is 11.6. The molecule has 0 aliphatic carbocycles. The van der Waals surface area contributed by atoms with Gasteiger partial charge in [-0.3, -0.25) is 4.79 Å². The van der Waals surface area contributed by atoms with Crippen molar-refractivity contribution in [3.8, 4) is 5.75 Å². The Kier molecular flexibility index (Phi) is 4.88. The molecule has 5 nitrogen and oxygen atoms in total. The predicted molar refractivity (Wildman–Crippen MR) is 91.0 cm³/mol. The second-order valence-electron chi connectivity index (χ2n) is 6.58. The molecule has 0 saturated carbocycles. The third-order valence-electron chi connectivity index (χ3n) is 4.55. The van der Waals surface area contributed by atoms with Crippen LogP contribution < -0.4 is 4.74 Å². The Bertz CT molecular complexity index is 691. The van der Waals surface area contributed by atoms with E-state index in [1.54, 1.807) is 7.11 Å². The molecule has 2 heterocycles. The number of carbonyl (C=O) groups is 1. The van der Waals surface area contributed by atoms with Gasteiger partial charge in [0.05, 0.1) is 25.3 Å². The minimum atomic E-state index is 0.00995. The molecule has 0 radical (unpaired) electrons. The van der Waals surface area contributed by atoms with Crippen LogP contribution in [-0.4, -0.2) is 29.6 Å². The zero-order chi connectivity index (χ0) is 17.1. The van der Waals surface area contributed by atoms with Crippen LogP contribution in [-0.2, 0) is 11.2 Å². The summed E-state index contributed by atoms with van der Waals surface area (Å²) in [5, 5.41) is 4.13. The molecular formula is C19H24N2O3. The number of methoxy groups -OCH3 is 1. The highest BCUT2D eigenvalue weighted by molar-refractivity contribution is 5.79. The van der Waals surface area contributed by atoms with E-state index in [0.717, 1.165) is 42.2 Å². The molecule has 5 heteroatoms. The van der Waals surface area contributed by atoms with Gasteiger partial charge in [-0.2, -0.15) is 0 Å². The van der Waals surface area contributed by atoms with Gasteiger partial charge in [-0.05, 0) is 36.5 Å². The average molecular weight is 328 g/mol. The van der Waals surface area contributed by atoms with Gasteiger partial charge >= 0.3 is 0 Å². The third-order valence-corrected chi connectivity index (χ3v) is 4.55. The lowest BCUT2D eigenvalue weighted by Crippen LogP contribution is -2.31. The molecule has 0 unspecified atom stereocenters. The Hall–Kier alpha value is -2.30. The van der Waals surface area contributed by atoms with Crippen LogP contribution >= 0.6 is 0 Å². The van der Waals surface area contributed by atoms with Gasteiger partial charge in [0, 0.05) is 12.6 Å². The van der Waals surface area contributed by atoms with E-state index in [9.17, 15) is 4.79 Å². The molecule has 1 saturated heterocycles. The SMILES string of the molecule is COc1ccc(CC(=O)N2CCC[C@H]2c2cc(C(C)C)no2)cc1. The molecule has 1 aromatic heterocycles. The van der Waals surface area contributed by atoms with Crippen molar-refractivity contribution in [2.45, 2.75) is 45.1 Å². The van der Waals surface area contributed by atoms with Gasteiger partial charge in [-0.1, -0.05) is 31.1 Å². The van der Waals surface area contributed by atoms with Crippen molar-refractivity contribution in [3.05, 3.63) is 47.3 Å². The van der Waals surface area contributed by atoms with Gasteiger partial charge < -0.3 is 14.2 Å². The fourth-order valence-corrected chi connectivity index (χ4v) is 3.11. The minimum Gasteiger partial charge on any atom is -0.497 e. The van der Waals surface area contributed by atoms with Crippen LogP contribution in [0.5, 0.6) is 5.75 Å². The van der Waals surface area contributed by atoms with E-state index in [-0.39, 0.29) is 11.9 Å². The fraction of sp³-hybridized carbons (Fsp3) is 0.474. The molecule has 1 aliphatic rings. The molecule has 128 valence electrons. The van der Waals surface area contributed by atoms with Crippen molar-refractivity contribution in [2.24, 2.45) is 0 Å². The van der Waals surface area contributed by atoms with Crippen molar-refractivity contribution in [3.63, 3.8) is 0 Å². The van der Waals surface area contributed by atoms with E-state index < -0.39 is 0 Å². The Balaban J connectivity index is 1.70. The summed E-state index contributed by atoms with van der Waals surface area (Å²) in [6, 6.07) is 9.65. The van der Waals surface area contributed by atoms with Crippen molar-refractivity contribution in [1.29, 1.82) is 0 Å². The van der Waals surface area contributed by atoms with Crippen molar-refractivity contribution in [2.75, 3.05) is 13.7 Å². The summed E-state index contributed by atoms with van der Waals surface area (Å²) in [4.78, 5) is 14.7. The first kappa shape index (κ1) is 16.6. The number of rotatable bonds is 5. The van der Waals surface area contributed by atoms with E-state index in [4.69, 9.17) is 9.26 Å². The van der Waals surface area contributed by atoms with E-state index in [0.29, 0.717) is 12.3 Å². The Labute approximate surface area is 142 Å². The van der Waals surface area contributed by atoms with Gasteiger partial charge in [-0.15, -0.1) is 0 Å². The van der Waals surface area contributed by atoms with Crippen LogP contribution in [0.1, 0.15) is 55.7 Å². The molecule has 1 fully saturated rings. The molecule has 0 bridgehead atoms. The number of hydrogen-bond donors (Lipinski definition) is 0. The monoisotopic (exact) mass is 328 g/mol. The van der Waals surface area contributed by atoms with Crippen LogP contribution in [0.25, 0.3) is 0 Å². The molecule has 3 rings (SSSR count). The Morgan fingerprint density at radius 3 is 2.75 bits per heavy atom. The smallest absolute Gasteiger partial charge is 0.227 e. The van der Waals surface area contributed by atoms with Crippen LogP contribution in [0.4, 0.5) is 0 Å². The summed E-state index contributed by atoms with van der Waals surface area (Å²) in [5.41, 5.74) is 1.94. The summed E-state index contributed by atoms with van der Waals surface area (Å²) in [5.74, 6) is 2.06. The van der Waals surface area contributed by atoms with Crippen LogP contribution in [0.2, 0.25) is 0 Å². The molecular weight excluding hydrogens is 304 g/mol. The number of aromatic nitrogens is 1. The van der Waals surface area contributed by atoms with E-state index in [2.05, 4.69) is 19.0 Å². The highest BCUT2D eigenvalue weighted by atomic mass is 16.5. The number of benzene rings is 1. The summed E-state index contributed by atoms with van der Waals surface area (Å²) in [6.07, 6.45) is 2.32. The lowest BCUT2D eigenvalue weighted by atomic mass is 10.1. The maximum Gasteiger partial charge on any atom is 0.227 e. The second-order valence-corrected chi connectivity index (χ2v) is 6.58. The number of nitrogens with zero attached hydrogens (tertiary/aromatic N) is 2. The first-order valence-corrected chi connectivity index (χ1v) is 8.47. The maximum atomic E-state index is 12.7. The van der Waals surface area contributed by atoms with Crippen LogP contribution in [0, 0.1) is 0 Å². The number of amides is 1. The molecule has 24 heavy (non-hydrogen) atoms. The van der Waals surface area contributed by atoms with Crippen LogP contribution in [0.15, 0.2) is 34.9 Å². The van der Waals surface area contributed by atoms with Gasteiger partial charge in [0.1, 0.15) is 5.75 Å². The van der Waals surface area contributed by atoms with Crippen molar-refractivity contribution < 1.29 is 14.1 Å². The highest BCUT2D eigenvalue weighted by Crippen LogP contribution is 2.33. The number of ether oxygens (including phenoxy) is 1. The van der Waals surface area contributed by atoms with Gasteiger partial charge in [0.15, 0.2) is 5.76 Å². The summed E-state index contributed by atoms with van der Waals surface area (Å²) in [7, 11) is 1.64. The molecule has 1 amide bonds. The molecule has 0 spiro atoms. The van der Waals surface area contributed by atoms with E-state index >= 15 is 0 Å². The van der Waals surface area contributed by atoms with Gasteiger partial charge in [0.25, 0.3) is 0 Å². The highest BCUT2D eigenvalue weighted by Gasteiger charge is 2.32. The zero-order valence-corrected chi connectivity index (χ0v) is 14.5. The maximum absolute atomic E-state index is 12.7.